The zero-order chi connectivity index (χ0) is 43.7. The lowest BCUT2D eigenvalue weighted by atomic mass is 9.85. The Morgan fingerprint density at radius 1 is 0.194 bits per heavy atom. The predicted molar refractivity (Wildman–Crippen MR) is 286 cm³/mol. The largest absolute Gasteiger partial charge is 0.456 e. The highest BCUT2D eigenvalue weighted by molar-refractivity contribution is 6.27. The van der Waals surface area contributed by atoms with E-state index in [1.54, 1.807) is 0 Å². The molecule has 0 saturated carbocycles. The number of para-hydroxylation sites is 1. The number of furan rings is 1. The first-order valence-electron chi connectivity index (χ1n) is 23.2. The Morgan fingerprint density at radius 2 is 0.657 bits per heavy atom. The molecule has 1 nitrogen and oxygen atoms in total. The summed E-state index contributed by atoms with van der Waals surface area (Å²) in [5.41, 5.74) is 13.7. The van der Waals surface area contributed by atoms with Crippen molar-refractivity contribution in [1.29, 1.82) is 0 Å². The van der Waals surface area contributed by atoms with E-state index in [-0.39, 0.29) is 0 Å². The molecule has 0 spiro atoms. The molecule has 0 aliphatic carbocycles. The van der Waals surface area contributed by atoms with Crippen LogP contribution >= 0.6 is 0 Å². The van der Waals surface area contributed by atoms with Gasteiger partial charge in [-0.25, -0.2) is 0 Å². The molecule has 0 saturated heterocycles. The van der Waals surface area contributed by atoms with Crippen molar-refractivity contribution in [2.24, 2.45) is 0 Å². The molecular weight excluding hydrogens is 809 g/mol. The smallest absolute Gasteiger partial charge is 0.135 e. The molecule has 15 aromatic rings. The Kier molecular flexibility index (Phi) is 7.56. The van der Waals surface area contributed by atoms with E-state index in [0.717, 1.165) is 33.1 Å². The van der Waals surface area contributed by atoms with Gasteiger partial charge in [-0.1, -0.05) is 182 Å². The monoisotopic (exact) mass is 846 g/mol. The maximum absolute atomic E-state index is 6.34. The highest BCUT2D eigenvalue weighted by Gasteiger charge is 2.19. The second-order valence-electron chi connectivity index (χ2n) is 18.4. The van der Waals surface area contributed by atoms with Gasteiger partial charge in [0.25, 0.3) is 0 Å². The first-order valence-corrected chi connectivity index (χ1v) is 23.2. The fourth-order valence-corrected chi connectivity index (χ4v) is 11.5. The van der Waals surface area contributed by atoms with Crippen LogP contribution in [0.4, 0.5) is 0 Å². The van der Waals surface area contributed by atoms with E-state index in [9.17, 15) is 0 Å². The Hall–Kier alpha value is -8.78. The molecule has 1 heterocycles. The molecule has 1 heteroatoms. The van der Waals surface area contributed by atoms with Crippen molar-refractivity contribution in [2.45, 2.75) is 0 Å². The number of benzene rings is 14. The van der Waals surface area contributed by atoms with Crippen LogP contribution in [0.1, 0.15) is 0 Å². The van der Waals surface area contributed by atoms with Gasteiger partial charge in [-0.15, -0.1) is 0 Å². The maximum Gasteiger partial charge on any atom is 0.135 e. The van der Waals surface area contributed by atoms with Gasteiger partial charge in [0.1, 0.15) is 11.2 Å². The van der Waals surface area contributed by atoms with Crippen LogP contribution < -0.4 is 0 Å². The van der Waals surface area contributed by atoms with Crippen molar-refractivity contribution in [3.63, 3.8) is 0 Å². The van der Waals surface area contributed by atoms with Gasteiger partial charge < -0.3 is 4.42 Å². The molecule has 0 amide bonds. The molecule has 15 rings (SSSR count). The first-order chi connectivity index (χ1) is 33.2. The molecule has 0 atom stereocenters. The Labute approximate surface area is 386 Å². The topological polar surface area (TPSA) is 13.1 Å². The molecular formula is C66H38O. The SMILES string of the molecule is c1ccc2cc(-c3cc(-c4ccc5ccc6cccc7ccc4c5c67)ccc3-c3cc(-c4ccc5oc6ccccc6c5c4)cc(-c4ccc5ccc6cccc7ccc4c5c67)c3)ccc2c1. The van der Waals surface area contributed by atoms with Gasteiger partial charge in [0.2, 0.25) is 0 Å². The van der Waals surface area contributed by atoms with E-state index < -0.39 is 0 Å². The molecule has 0 N–H and O–H groups in total. The third-order valence-electron chi connectivity index (χ3n) is 14.7. The van der Waals surface area contributed by atoms with E-state index in [2.05, 4.69) is 224 Å². The molecule has 308 valence electrons. The summed E-state index contributed by atoms with van der Waals surface area (Å²) >= 11 is 0. The standard InChI is InChI=1S/C66H38O/c1-2-8-46-33-48(20-15-39(46)7-1)59-38-49(53-27-21-44-18-16-40-9-5-11-42-23-30-57(53)65(44)63(40)42)25-29-55(59)52-35-50(47-26-32-62-60(37-47)56-13-3-4-14-61(56)67-62)34-51(36-52)54-28-22-45-19-17-41-10-6-12-43-24-31-58(54)66(45)64(41)43/h1-38H. The molecule has 0 aliphatic rings. The van der Waals surface area contributed by atoms with Crippen molar-refractivity contribution in [3.05, 3.63) is 231 Å². The van der Waals surface area contributed by atoms with E-state index in [4.69, 9.17) is 4.42 Å². The third kappa shape index (κ3) is 5.49. The minimum Gasteiger partial charge on any atom is -0.456 e. The highest BCUT2D eigenvalue weighted by Crippen LogP contribution is 2.46. The minimum absolute atomic E-state index is 0.897. The summed E-state index contributed by atoms with van der Waals surface area (Å²) in [6.07, 6.45) is 0. The van der Waals surface area contributed by atoms with Crippen LogP contribution in [0.3, 0.4) is 0 Å². The van der Waals surface area contributed by atoms with Crippen LogP contribution in [0.25, 0.3) is 153 Å². The lowest BCUT2D eigenvalue weighted by molar-refractivity contribution is 0.669. The van der Waals surface area contributed by atoms with Gasteiger partial charge in [0.15, 0.2) is 0 Å². The summed E-state index contributed by atoms with van der Waals surface area (Å²) in [5.74, 6) is 0. The number of fused-ring (bicyclic) bond motifs is 4. The summed E-state index contributed by atoms with van der Waals surface area (Å²) in [4.78, 5) is 0. The Balaban J connectivity index is 1.00. The first kappa shape index (κ1) is 36.5. The number of hydrogen-bond donors (Lipinski definition) is 0. The van der Waals surface area contributed by atoms with Crippen molar-refractivity contribution < 1.29 is 4.42 Å². The molecule has 0 fully saturated rings. The van der Waals surface area contributed by atoms with Crippen LogP contribution in [0.2, 0.25) is 0 Å². The average Bonchev–Trinajstić information content (AvgIpc) is 3.77. The quantitative estimate of drug-likeness (QED) is 0.157. The predicted octanol–water partition coefficient (Wildman–Crippen LogP) is 18.9. The Morgan fingerprint density at radius 3 is 1.36 bits per heavy atom. The third-order valence-corrected chi connectivity index (χ3v) is 14.7. The molecule has 14 aromatic carbocycles. The zero-order valence-electron chi connectivity index (χ0n) is 36.3. The van der Waals surface area contributed by atoms with Crippen LogP contribution in [0, 0.1) is 0 Å². The van der Waals surface area contributed by atoms with E-state index in [0.29, 0.717) is 0 Å². The van der Waals surface area contributed by atoms with Gasteiger partial charge >= 0.3 is 0 Å². The van der Waals surface area contributed by atoms with Crippen LogP contribution in [0.5, 0.6) is 0 Å². The number of rotatable bonds is 5. The summed E-state index contributed by atoms with van der Waals surface area (Å²) in [6.45, 7) is 0. The molecule has 0 aliphatic heterocycles. The molecule has 0 radical (unpaired) electrons. The van der Waals surface area contributed by atoms with Gasteiger partial charge in [-0.3, -0.25) is 0 Å². The summed E-state index contributed by atoms with van der Waals surface area (Å²) in [7, 11) is 0. The minimum atomic E-state index is 0.897. The molecule has 0 unspecified atom stereocenters. The van der Waals surface area contributed by atoms with Gasteiger partial charge in [-0.2, -0.15) is 0 Å². The zero-order valence-corrected chi connectivity index (χ0v) is 36.3. The van der Waals surface area contributed by atoms with E-state index in [1.165, 1.54) is 120 Å². The molecule has 0 bridgehead atoms. The van der Waals surface area contributed by atoms with Crippen LogP contribution in [-0.2, 0) is 0 Å². The van der Waals surface area contributed by atoms with E-state index >= 15 is 0 Å². The lowest BCUT2D eigenvalue weighted by Gasteiger charge is -2.19. The molecule has 67 heavy (non-hydrogen) atoms. The maximum atomic E-state index is 6.34. The van der Waals surface area contributed by atoms with Crippen molar-refractivity contribution in [3.8, 4) is 55.6 Å². The van der Waals surface area contributed by atoms with Gasteiger partial charge in [-0.05, 0) is 180 Å². The van der Waals surface area contributed by atoms with Crippen LogP contribution in [-0.4, -0.2) is 0 Å². The summed E-state index contributed by atoms with van der Waals surface area (Å²) in [5, 5.41) is 20.2. The number of hydrogen-bond acceptors (Lipinski definition) is 1. The second-order valence-corrected chi connectivity index (χ2v) is 18.4. The summed E-state index contributed by atoms with van der Waals surface area (Å²) in [6, 6.07) is 85.9. The van der Waals surface area contributed by atoms with Crippen LogP contribution in [0.15, 0.2) is 235 Å². The highest BCUT2D eigenvalue weighted by atomic mass is 16.3. The van der Waals surface area contributed by atoms with Crippen molar-refractivity contribution in [2.75, 3.05) is 0 Å². The van der Waals surface area contributed by atoms with Gasteiger partial charge in [0, 0.05) is 10.8 Å². The average molecular weight is 847 g/mol. The van der Waals surface area contributed by atoms with Crippen molar-refractivity contribution in [1.82, 2.24) is 0 Å². The van der Waals surface area contributed by atoms with Gasteiger partial charge in [0.05, 0.1) is 0 Å². The van der Waals surface area contributed by atoms with Crippen molar-refractivity contribution >= 4 is 97.3 Å². The van der Waals surface area contributed by atoms with E-state index in [1.807, 2.05) is 6.07 Å². The molecule has 1 aromatic heterocycles. The normalized spacial score (nSPS) is 12.2. The fourth-order valence-electron chi connectivity index (χ4n) is 11.5. The second kappa shape index (κ2) is 13.9. The lowest BCUT2D eigenvalue weighted by Crippen LogP contribution is -1.92. The Bertz CT molecular complexity index is 4480. The fraction of sp³-hybridized carbons (Fsp3) is 0. The summed E-state index contributed by atoms with van der Waals surface area (Å²) < 4.78 is 6.34.